The standard InChI is InChI=1S/C7H12N4O3S/c1-2-9-6(12)4-15(13,14)5-3-10-11-7(5)8/h3H,2,4H2,1H3,(H,9,12)(H3,8,10,11). The summed E-state index contributed by atoms with van der Waals surface area (Å²) in [4.78, 5) is 11.0. The van der Waals surface area contributed by atoms with Crippen molar-refractivity contribution in [3.63, 3.8) is 0 Å². The van der Waals surface area contributed by atoms with Crippen LogP contribution in [0, 0.1) is 0 Å². The maximum Gasteiger partial charge on any atom is 0.235 e. The number of H-pyrrole nitrogens is 1. The SMILES string of the molecule is CCNC(=O)CS(=O)(=O)c1cn[nH]c1N. The lowest BCUT2D eigenvalue weighted by Crippen LogP contribution is -2.30. The molecule has 1 heterocycles. The number of sulfone groups is 1. The van der Waals surface area contributed by atoms with Crippen molar-refractivity contribution in [1.29, 1.82) is 0 Å². The van der Waals surface area contributed by atoms with E-state index in [-0.39, 0.29) is 10.7 Å². The number of amides is 1. The highest BCUT2D eigenvalue weighted by Crippen LogP contribution is 2.15. The summed E-state index contributed by atoms with van der Waals surface area (Å²) in [6.45, 7) is 2.09. The normalized spacial score (nSPS) is 11.3. The summed E-state index contributed by atoms with van der Waals surface area (Å²) >= 11 is 0. The molecule has 0 atom stereocenters. The molecular formula is C7H12N4O3S. The third-order valence-electron chi connectivity index (χ3n) is 1.66. The fourth-order valence-electron chi connectivity index (χ4n) is 1.03. The van der Waals surface area contributed by atoms with Crippen LogP contribution in [0.5, 0.6) is 0 Å². The molecule has 0 aromatic carbocycles. The number of nitrogen functional groups attached to an aromatic ring is 1. The molecule has 0 aliphatic heterocycles. The second-order valence-electron chi connectivity index (χ2n) is 2.86. The van der Waals surface area contributed by atoms with Gasteiger partial charge in [-0.2, -0.15) is 5.10 Å². The van der Waals surface area contributed by atoms with Gasteiger partial charge in [0.15, 0.2) is 9.84 Å². The van der Waals surface area contributed by atoms with E-state index in [9.17, 15) is 13.2 Å². The summed E-state index contributed by atoms with van der Waals surface area (Å²) in [6.07, 6.45) is 1.09. The van der Waals surface area contributed by atoms with Crippen molar-refractivity contribution in [3.05, 3.63) is 6.20 Å². The van der Waals surface area contributed by atoms with Crippen LogP contribution in [0.3, 0.4) is 0 Å². The van der Waals surface area contributed by atoms with E-state index in [0.717, 1.165) is 6.20 Å². The van der Waals surface area contributed by atoms with Crippen LogP contribution in [-0.4, -0.2) is 36.8 Å². The number of nitrogens with zero attached hydrogens (tertiary/aromatic N) is 1. The summed E-state index contributed by atoms with van der Waals surface area (Å²) in [6, 6.07) is 0. The zero-order valence-corrected chi connectivity index (χ0v) is 8.97. The largest absolute Gasteiger partial charge is 0.383 e. The summed E-state index contributed by atoms with van der Waals surface area (Å²) in [5, 5.41) is 8.17. The molecule has 0 saturated carbocycles. The number of hydrogen-bond acceptors (Lipinski definition) is 5. The van der Waals surface area contributed by atoms with Crippen LogP contribution in [0.15, 0.2) is 11.1 Å². The number of nitrogens with two attached hydrogens (primary N) is 1. The van der Waals surface area contributed by atoms with Gasteiger partial charge in [0.25, 0.3) is 0 Å². The van der Waals surface area contributed by atoms with Crippen LogP contribution in [0.25, 0.3) is 0 Å². The molecule has 8 heteroatoms. The van der Waals surface area contributed by atoms with E-state index in [1.807, 2.05) is 0 Å². The van der Waals surface area contributed by atoms with Gasteiger partial charge in [-0.15, -0.1) is 0 Å². The molecule has 0 aliphatic carbocycles. The van der Waals surface area contributed by atoms with Gasteiger partial charge in [-0.1, -0.05) is 0 Å². The highest BCUT2D eigenvalue weighted by atomic mass is 32.2. The van der Waals surface area contributed by atoms with Crippen LogP contribution in [-0.2, 0) is 14.6 Å². The van der Waals surface area contributed by atoms with Gasteiger partial charge >= 0.3 is 0 Å². The Morgan fingerprint density at radius 3 is 2.80 bits per heavy atom. The summed E-state index contributed by atoms with van der Waals surface area (Å²) in [5.41, 5.74) is 5.35. The van der Waals surface area contributed by atoms with Crippen molar-refractivity contribution < 1.29 is 13.2 Å². The molecule has 7 nitrogen and oxygen atoms in total. The Balaban J connectivity index is 2.86. The second kappa shape index (κ2) is 4.30. The first-order valence-corrected chi connectivity index (χ1v) is 5.91. The monoisotopic (exact) mass is 232 g/mol. The third kappa shape index (κ3) is 2.69. The fourth-order valence-corrected chi connectivity index (χ4v) is 2.23. The van der Waals surface area contributed by atoms with Gasteiger partial charge in [-0.3, -0.25) is 9.89 Å². The van der Waals surface area contributed by atoms with Gasteiger partial charge < -0.3 is 11.1 Å². The molecule has 1 rings (SSSR count). The lowest BCUT2D eigenvalue weighted by molar-refractivity contribution is -0.118. The molecule has 1 aromatic rings. The molecule has 1 aromatic heterocycles. The van der Waals surface area contributed by atoms with Crippen molar-refractivity contribution in [2.75, 3.05) is 18.0 Å². The molecule has 0 spiro atoms. The van der Waals surface area contributed by atoms with E-state index in [1.165, 1.54) is 0 Å². The van der Waals surface area contributed by atoms with Gasteiger partial charge in [0, 0.05) is 6.54 Å². The predicted molar refractivity (Wildman–Crippen MR) is 53.7 cm³/mol. The topological polar surface area (TPSA) is 118 Å². The third-order valence-corrected chi connectivity index (χ3v) is 3.30. The Bertz CT molecular complexity index is 451. The van der Waals surface area contributed by atoms with Crippen LogP contribution in [0.2, 0.25) is 0 Å². The van der Waals surface area contributed by atoms with Gasteiger partial charge in [-0.05, 0) is 6.92 Å². The minimum atomic E-state index is -3.70. The van der Waals surface area contributed by atoms with E-state index in [2.05, 4.69) is 15.5 Å². The molecular weight excluding hydrogens is 220 g/mol. The molecule has 0 bridgehead atoms. The molecule has 1 amide bonds. The molecule has 15 heavy (non-hydrogen) atoms. The van der Waals surface area contributed by atoms with E-state index in [1.54, 1.807) is 6.92 Å². The van der Waals surface area contributed by atoms with Crippen LogP contribution in [0.1, 0.15) is 6.92 Å². The minimum Gasteiger partial charge on any atom is -0.383 e. The summed E-state index contributed by atoms with van der Waals surface area (Å²) in [5.74, 6) is -1.23. The van der Waals surface area contributed by atoms with Crippen LogP contribution in [0.4, 0.5) is 5.82 Å². The Kier molecular flexibility index (Phi) is 3.30. The average Bonchev–Trinajstić information content (AvgIpc) is 2.51. The first kappa shape index (κ1) is 11.5. The lowest BCUT2D eigenvalue weighted by Gasteiger charge is -2.02. The van der Waals surface area contributed by atoms with Gasteiger partial charge in [0.2, 0.25) is 5.91 Å². The summed E-state index contributed by atoms with van der Waals surface area (Å²) < 4.78 is 23.2. The number of aromatic amines is 1. The Hall–Kier alpha value is -1.57. The first-order chi connectivity index (χ1) is 6.97. The Labute approximate surface area is 87.0 Å². The number of carbonyl (C=O) groups is 1. The van der Waals surface area contributed by atoms with Crippen LogP contribution < -0.4 is 11.1 Å². The van der Waals surface area contributed by atoms with Crippen LogP contribution >= 0.6 is 0 Å². The highest BCUT2D eigenvalue weighted by molar-refractivity contribution is 7.92. The van der Waals surface area contributed by atoms with Crippen molar-refractivity contribution in [2.24, 2.45) is 0 Å². The van der Waals surface area contributed by atoms with E-state index < -0.39 is 21.5 Å². The van der Waals surface area contributed by atoms with E-state index in [4.69, 9.17) is 5.73 Å². The molecule has 84 valence electrons. The number of nitrogens with one attached hydrogen (secondary N) is 2. The van der Waals surface area contributed by atoms with Gasteiger partial charge in [0.1, 0.15) is 16.5 Å². The van der Waals surface area contributed by atoms with E-state index >= 15 is 0 Å². The Morgan fingerprint density at radius 1 is 1.67 bits per heavy atom. The number of anilines is 1. The van der Waals surface area contributed by atoms with Gasteiger partial charge in [0.05, 0.1) is 6.20 Å². The zero-order valence-electron chi connectivity index (χ0n) is 8.15. The molecule has 4 N–H and O–H groups in total. The number of aromatic nitrogens is 2. The molecule has 0 saturated heterocycles. The molecule has 0 aliphatic rings. The first-order valence-electron chi connectivity index (χ1n) is 4.25. The second-order valence-corrected chi connectivity index (χ2v) is 4.82. The summed E-state index contributed by atoms with van der Waals surface area (Å²) in [7, 11) is -3.70. The molecule has 0 unspecified atom stereocenters. The fraction of sp³-hybridized carbons (Fsp3) is 0.429. The molecule has 0 fully saturated rings. The highest BCUT2D eigenvalue weighted by Gasteiger charge is 2.22. The van der Waals surface area contributed by atoms with Crippen molar-refractivity contribution in [1.82, 2.24) is 15.5 Å². The van der Waals surface area contributed by atoms with Gasteiger partial charge in [-0.25, -0.2) is 8.42 Å². The zero-order chi connectivity index (χ0) is 11.5. The Morgan fingerprint density at radius 2 is 2.33 bits per heavy atom. The van der Waals surface area contributed by atoms with E-state index in [0.29, 0.717) is 6.54 Å². The molecule has 0 radical (unpaired) electrons. The average molecular weight is 232 g/mol. The number of hydrogen-bond donors (Lipinski definition) is 3. The number of carbonyl (C=O) groups excluding carboxylic acids is 1. The number of rotatable bonds is 4. The quantitative estimate of drug-likeness (QED) is 0.609. The minimum absolute atomic E-state index is 0.0562. The van der Waals surface area contributed by atoms with Crippen molar-refractivity contribution in [3.8, 4) is 0 Å². The van der Waals surface area contributed by atoms with Crippen molar-refractivity contribution >= 4 is 21.6 Å². The lowest BCUT2D eigenvalue weighted by atomic mass is 10.6. The smallest absolute Gasteiger partial charge is 0.235 e. The van der Waals surface area contributed by atoms with Crippen molar-refractivity contribution in [2.45, 2.75) is 11.8 Å². The maximum atomic E-state index is 11.6. The predicted octanol–water partition coefficient (Wildman–Crippen LogP) is -1.10. The maximum absolute atomic E-state index is 11.6.